The molecule has 0 saturated heterocycles. The largest absolute Gasteiger partial charge is 0.238 e. The fraction of sp³-hybridized carbons (Fsp3) is 0. The normalized spacial score (nSPS) is 12.5. The van der Waals surface area contributed by atoms with E-state index in [9.17, 15) is 16.8 Å². The smallest absolute Gasteiger partial charge is 0.212 e. The van der Waals surface area contributed by atoms with Crippen molar-refractivity contribution in [2.45, 2.75) is 9.79 Å². The predicted octanol–water partition coefficient (Wildman–Crippen LogP) is 5.83. The van der Waals surface area contributed by atoms with Crippen LogP contribution in [0.2, 0.25) is 0 Å². The molecule has 0 heterocycles. The van der Waals surface area contributed by atoms with Gasteiger partial charge in [-0.25, -0.2) is 16.8 Å². The molecule has 0 fully saturated rings. The fourth-order valence-corrected chi connectivity index (χ4v) is 6.42. The molecule has 4 aromatic carbocycles. The SMILES string of the molecule is O=S(=O)(Br)c1ccc2ccccc2c1-c1c(S(=O)(=O)Br)ccc2ccccc12. The van der Waals surface area contributed by atoms with E-state index in [1.807, 2.05) is 24.3 Å². The minimum absolute atomic E-state index is 0.0138. The van der Waals surface area contributed by atoms with Crippen LogP contribution in [0.1, 0.15) is 0 Å². The van der Waals surface area contributed by atoms with Crippen molar-refractivity contribution in [1.29, 1.82) is 0 Å². The molecule has 0 aromatic heterocycles. The maximum atomic E-state index is 12.5. The second-order valence-corrected chi connectivity index (χ2v) is 13.9. The molecule has 4 nitrogen and oxygen atoms in total. The van der Waals surface area contributed by atoms with Crippen molar-refractivity contribution < 1.29 is 16.8 Å². The first kappa shape index (κ1) is 19.6. The molecule has 0 atom stereocenters. The van der Waals surface area contributed by atoms with Crippen LogP contribution in [0.4, 0.5) is 0 Å². The first-order valence-corrected chi connectivity index (χ1v) is 14.8. The highest BCUT2D eigenvalue weighted by Crippen LogP contribution is 2.44. The maximum Gasteiger partial charge on any atom is 0.238 e. The molecule has 8 heteroatoms. The molecular weight excluding hydrogens is 528 g/mol. The fourth-order valence-electron chi connectivity index (χ4n) is 3.43. The maximum absolute atomic E-state index is 12.5. The highest BCUT2D eigenvalue weighted by atomic mass is 79.9. The number of hydrogen-bond acceptors (Lipinski definition) is 4. The van der Waals surface area contributed by atoms with Crippen molar-refractivity contribution in [2.75, 3.05) is 0 Å². The average molecular weight is 540 g/mol. The number of fused-ring (bicyclic) bond motifs is 2. The van der Waals surface area contributed by atoms with Crippen molar-refractivity contribution in [2.24, 2.45) is 0 Å². The Bertz CT molecular complexity index is 1350. The minimum atomic E-state index is -3.80. The summed E-state index contributed by atoms with van der Waals surface area (Å²) in [6.07, 6.45) is 0. The Morgan fingerprint density at radius 3 is 1.21 bits per heavy atom. The lowest BCUT2D eigenvalue weighted by Crippen LogP contribution is -2.01. The summed E-state index contributed by atoms with van der Waals surface area (Å²) < 4.78 is 50.1. The van der Waals surface area contributed by atoms with E-state index in [1.165, 1.54) is 12.1 Å². The van der Waals surface area contributed by atoms with E-state index in [0.29, 0.717) is 21.9 Å². The summed E-state index contributed by atoms with van der Waals surface area (Å²) in [5, 5.41) is 2.92. The summed E-state index contributed by atoms with van der Waals surface area (Å²) >= 11 is 5.54. The van der Waals surface area contributed by atoms with E-state index >= 15 is 0 Å². The third-order valence-electron chi connectivity index (χ3n) is 4.56. The molecule has 0 aliphatic rings. The topological polar surface area (TPSA) is 68.3 Å². The van der Waals surface area contributed by atoms with Crippen LogP contribution in [0, 0.1) is 0 Å². The molecule has 0 N–H and O–H groups in total. The highest BCUT2D eigenvalue weighted by molar-refractivity contribution is 9.47. The van der Waals surface area contributed by atoms with Crippen LogP contribution >= 0.6 is 29.6 Å². The lowest BCUT2D eigenvalue weighted by Gasteiger charge is -2.17. The second kappa shape index (κ2) is 6.95. The van der Waals surface area contributed by atoms with Crippen LogP contribution in [-0.4, -0.2) is 16.8 Å². The Morgan fingerprint density at radius 1 is 0.500 bits per heavy atom. The summed E-state index contributed by atoms with van der Waals surface area (Å²) in [5.41, 5.74) is 0.703. The van der Waals surface area contributed by atoms with Gasteiger partial charge in [0.05, 0.1) is 39.4 Å². The first-order chi connectivity index (χ1) is 13.2. The van der Waals surface area contributed by atoms with Gasteiger partial charge >= 0.3 is 0 Å². The van der Waals surface area contributed by atoms with Crippen LogP contribution in [0.25, 0.3) is 32.7 Å². The number of hydrogen-bond donors (Lipinski definition) is 0. The van der Waals surface area contributed by atoms with E-state index in [4.69, 9.17) is 0 Å². The molecule has 0 aliphatic carbocycles. The standard InChI is InChI=1S/C20H12Br2O4S2/c21-27(23,24)17-11-9-13-5-1-3-7-15(13)19(17)20-16-8-4-2-6-14(16)10-12-18(20)28(22,25)26/h1-12H. The van der Waals surface area contributed by atoms with E-state index in [-0.39, 0.29) is 9.79 Å². The van der Waals surface area contributed by atoms with Gasteiger partial charge in [0.1, 0.15) is 0 Å². The van der Waals surface area contributed by atoms with Crippen molar-refractivity contribution >= 4 is 67.7 Å². The van der Waals surface area contributed by atoms with Crippen LogP contribution in [0.3, 0.4) is 0 Å². The van der Waals surface area contributed by atoms with E-state index in [0.717, 1.165) is 10.8 Å². The van der Waals surface area contributed by atoms with Gasteiger partial charge in [0.15, 0.2) is 0 Å². The Hall–Kier alpha value is -1.74. The van der Waals surface area contributed by atoms with E-state index in [1.54, 1.807) is 36.4 Å². The Morgan fingerprint density at radius 2 is 0.857 bits per heavy atom. The Labute approximate surface area is 177 Å². The molecule has 0 bridgehead atoms. The summed E-state index contributed by atoms with van der Waals surface area (Å²) in [5.74, 6) is 0. The third kappa shape index (κ3) is 3.39. The summed E-state index contributed by atoms with van der Waals surface area (Å²) in [7, 11) is -7.60. The molecule has 0 aliphatic heterocycles. The zero-order chi connectivity index (χ0) is 20.1. The molecule has 0 spiro atoms. The van der Waals surface area contributed by atoms with Crippen LogP contribution < -0.4 is 0 Å². The number of rotatable bonds is 3. The van der Waals surface area contributed by atoms with Gasteiger partial charge < -0.3 is 0 Å². The molecule has 4 aromatic rings. The molecular formula is C20H12Br2O4S2. The first-order valence-electron chi connectivity index (χ1n) is 8.11. The lowest BCUT2D eigenvalue weighted by molar-refractivity contribution is 0.609. The van der Waals surface area contributed by atoms with Crippen LogP contribution in [-0.2, 0) is 16.5 Å². The zero-order valence-electron chi connectivity index (χ0n) is 14.1. The zero-order valence-corrected chi connectivity index (χ0v) is 18.9. The Balaban J connectivity index is 2.34. The number of halogens is 2. The molecule has 0 amide bonds. The van der Waals surface area contributed by atoms with E-state index < -0.39 is 16.5 Å². The van der Waals surface area contributed by atoms with Crippen molar-refractivity contribution in [3.05, 3.63) is 72.8 Å². The number of benzene rings is 4. The molecule has 0 radical (unpaired) electrons. The lowest BCUT2D eigenvalue weighted by atomic mass is 9.94. The van der Waals surface area contributed by atoms with Gasteiger partial charge in [-0.05, 0) is 33.7 Å². The van der Waals surface area contributed by atoms with Crippen LogP contribution in [0.5, 0.6) is 0 Å². The van der Waals surface area contributed by atoms with Crippen LogP contribution in [0.15, 0.2) is 82.6 Å². The minimum Gasteiger partial charge on any atom is -0.212 e. The van der Waals surface area contributed by atoms with Crippen molar-refractivity contribution in [3.63, 3.8) is 0 Å². The summed E-state index contributed by atoms with van der Waals surface area (Å²) in [6, 6.07) is 21.0. The molecule has 0 unspecified atom stereocenters. The van der Waals surface area contributed by atoms with Gasteiger partial charge in [0.2, 0.25) is 16.5 Å². The van der Waals surface area contributed by atoms with Gasteiger partial charge in [0, 0.05) is 11.1 Å². The van der Waals surface area contributed by atoms with Gasteiger partial charge in [-0.3, -0.25) is 0 Å². The molecule has 28 heavy (non-hydrogen) atoms. The van der Waals surface area contributed by atoms with Crippen molar-refractivity contribution in [1.82, 2.24) is 0 Å². The Kier molecular flexibility index (Phi) is 4.86. The molecule has 142 valence electrons. The summed E-state index contributed by atoms with van der Waals surface area (Å²) in [4.78, 5) is 0.0277. The van der Waals surface area contributed by atoms with Gasteiger partial charge in [-0.1, -0.05) is 60.7 Å². The molecule has 0 saturated carbocycles. The summed E-state index contributed by atoms with van der Waals surface area (Å²) in [6.45, 7) is 0. The second-order valence-electron chi connectivity index (χ2n) is 6.20. The monoisotopic (exact) mass is 538 g/mol. The van der Waals surface area contributed by atoms with E-state index in [2.05, 4.69) is 29.6 Å². The van der Waals surface area contributed by atoms with Gasteiger partial charge in [0.25, 0.3) is 0 Å². The van der Waals surface area contributed by atoms with Crippen molar-refractivity contribution in [3.8, 4) is 11.1 Å². The third-order valence-corrected chi connectivity index (χ3v) is 8.38. The average Bonchev–Trinajstić information content (AvgIpc) is 2.64. The molecule has 4 rings (SSSR count). The quantitative estimate of drug-likeness (QED) is 0.307. The predicted molar refractivity (Wildman–Crippen MR) is 119 cm³/mol. The van der Waals surface area contributed by atoms with Gasteiger partial charge in [-0.2, -0.15) is 0 Å². The highest BCUT2D eigenvalue weighted by Gasteiger charge is 2.26. The van der Waals surface area contributed by atoms with Gasteiger partial charge in [-0.15, -0.1) is 0 Å².